The minimum absolute atomic E-state index is 0.217. The third-order valence-electron chi connectivity index (χ3n) is 5.56. The van der Waals surface area contributed by atoms with E-state index in [0.29, 0.717) is 45.1 Å². The van der Waals surface area contributed by atoms with Crippen LogP contribution in [0.2, 0.25) is 0 Å². The molecule has 30 heavy (non-hydrogen) atoms. The number of hydrogen-bond acceptors (Lipinski definition) is 6. The van der Waals surface area contributed by atoms with Crippen molar-refractivity contribution in [3.05, 3.63) is 42.0 Å². The maximum Gasteiger partial charge on any atom is 0.198 e. The lowest BCUT2D eigenvalue weighted by Gasteiger charge is -2.27. The largest absolute Gasteiger partial charge is 0.468 e. The molecule has 0 N–H and O–H groups in total. The molecule has 0 radical (unpaired) electrons. The summed E-state index contributed by atoms with van der Waals surface area (Å²) in [5.74, 6) is 0.0116. The summed E-state index contributed by atoms with van der Waals surface area (Å²) in [5.41, 5.74) is 0.970. The van der Waals surface area contributed by atoms with Crippen LogP contribution in [0.15, 0.2) is 36.4 Å². The van der Waals surface area contributed by atoms with Crippen molar-refractivity contribution in [2.24, 2.45) is 0 Å². The van der Waals surface area contributed by atoms with Gasteiger partial charge in [-0.3, -0.25) is 0 Å². The van der Waals surface area contributed by atoms with Crippen LogP contribution in [0.25, 0.3) is 0 Å². The van der Waals surface area contributed by atoms with E-state index in [4.69, 9.17) is 28.4 Å². The lowest BCUT2D eigenvalue weighted by molar-refractivity contribution is -0.162. The topological polar surface area (TPSA) is 55.4 Å². The predicted octanol–water partition coefficient (Wildman–Crippen LogP) is 4.57. The molecule has 6 heteroatoms. The van der Waals surface area contributed by atoms with Crippen molar-refractivity contribution < 1.29 is 28.4 Å². The zero-order valence-corrected chi connectivity index (χ0v) is 18.3. The van der Waals surface area contributed by atoms with Crippen molar-refractivity contribution in [1.82, 2.24) is 0 Å². The third-order valence-corrected chi connectivity index (χ3v) is 5.56. The number of unbranched alkanes of at least 4 members (excludes halogenated alkanes) is 1. The molecular formula is C24H36O6. The fourth-order valence-electron chi connectivity index (χ4n) is 3.91. The standard InChI is InChI=1S/C24H36O6/c1-20-11-12-22(27-15-14-26-20)9-5-3-4-6-13-24(29-16-17-30-24)21-8-7-10-23(18-21)28-19-25-2/h4,6-8,10,18,20,22H,3,5,9,11-17,19H2,1-2H3/t20-,22-/m0/s1. The Morgan fingerprint density at radius 3 is 2.73 bits per heavy atom. The van der Waals surface area contributed by atoms with Gasteiger partial charge in [0, 0.05) is 19.1 Å². The van der Waals surface area contributed by atoms with E-state index in [1.54, 1.807) is 7.11 Å². The van der Waals surface area contributed by atoms with E-state index in [-0.39, 0.29) is 6.79 Å². The molecule has 2 saturated heterocycles. The van der Waals surface area contributed by atoms with Crippen LogP contribution in [-0.2, 0) is 29.5 Å². The summed E-state index contributed by atoms with van der Waals surface area (Å²) in [6.07, 6.45) is 11.2. The van der Waals surface area contributed by atoms with Gasteiger partial charge in [-0.15, -0.1) is 0 Å². The van der Waals surface area contributed by atoms with Crippen molar-refractivity contribution in [2.75, 3.05) is 40.3 Å². The van der Waals surface area contributed by atoms with Crippen LogP contribution in [-0.4, -0.2) is 52.5 Å². The number of allylic oxidation sites excluding steroid dienone is 1. The Hall–Kier alpha value is -1.44. The predicted molar refractivity (Wildman–Crippen MR) is 115 cm³/mol. The lowest BCUT2D eigenvalue weighted by atomic mass is 10.0. The van der Waals surface area contributed by atoms with Gasteiger partial charge < -0.3 is 28.4 Å². The molecule has 2 atom stereocenters. The van der Waals surface area contributed by atoms with Gasteiger partial charge in [-0.25, -0.2) is 0 Å². The maximum absolute atomic E-state index is 6.03. The van der Waals surface area contributed by atoms with Crippen LogP contribution >= 0.6 is 0 Å². The second-order valence-corrected chi connectivity index (χ2v) is 7.89. The molecule has 0 amide bonds. The monoisotopic (exact) mass is 420 g/mol. The fraction of sp³-hybridized carbons (Fsp3) is 0.667. The summed E-state index contributed by atoms with van der Waals surface area (Å²) in [6, 6.07) is 7.85. The molecule has 0 aromatic heterocycles. The van der Waals surface area contributed by atoms with Crippen LogP contribution in [0.3, 0.4) is 0 Å². The Morgan fingerprint density at radius 1 is 1.07 bits per heavy atom. The molecule has 0 bridgehead atoms. The van der Waals surface area contributed by atoms with E-state index in [2.05, 4.69) is 19.1 Å². The Bertz CT molecular complexity index is 640. The highest BCUT2D eigenvalue weighted by molar-refractivity contribution is 5.32. The Kier molecular flexibility index (Phi) is 9.62. The van der Waals surface area contributed by atoms with Crippen LogP contribution in [0.4, 0.5) is 0 Å². The van der Waals surface area contributed by atoms with Gasteiger partial charge in [0.2, 0.25) is 0 Å². The van der Waals surface area contributed by atoms with Gasteiger partial charge in [0.15, 0.2) is 12.6 Å². The molecule has 1 aromatic carbocycles. The first-order valence-corrected chi connectivity index (χ1v) is 11.1. The van der Waals surface area contributed by atoms with Gasteiger partial charge in [-0.1, -0.05) is 24.3 Å². The zero-order valence-electron chi connectivity index (χ0n) is 18.3. The van der Waals surface area contributed by atoms with Crippen LogP contribution in [0.5, 0.6) is 5.75 Å². The summed E-state index contributed by atoms with van der Waals surface area (Å²) in [4.78, 5) is 0. The molecule has 6 nitrogen and oxygen atoms in total. The SMILES string of the molecule is COCOc1cccc(C2(CC=CCCC[C@H]3CC[C@H](C)OCCO3)OCCO2)c1. The Balaban J connectivity index is 1.47. The van der Waals surface area contributed by atoms with E-state index >= 15 is 0 Å². The first-order valence-electron chi connectivity index (χ1n) is 11.1. The van der Waals surface area contributed by atoms with Crippen LogP contribution in [0.1, 0.15) is 51.0 Å². The number of methoxy groups -OCH3 is 1. The average molecular weight is 421 g/mol. The highest BCUT2D eigenvalue weighted by Crippen LogP contribution is 2.36. The zero-order chi connectivity index (χ0) is 21.1. The number of ether oxygens (including phenoxy) is 6. The molecule has 1 aromatic rings. The maximum atomic E-state index is 6.03. The quantitative estimate of drug-likeness (QED) is 0.314. The summed E-state index contributed by atoms with van der Waals surface area (Å²) in [7, 11) is 1.61. The number of benzene rings is 1. The Morgan fingerprint density at radius 2 is 1.90 bits per heavy atom. The van der Waals surface area contributed by atoms with Gasteiger partial charge in [0.25, 0.3) is 0 Å². The smallest absolute Gasteiger partial charge is 0.198 e. The number of hydrogen-bond donors (Lipinski definition) is 0. The molecule has 0 aliphatic carbocycles. The summed E-state index contributed by atoms with van der Waals surface area (Å²) in [5, 5.41) is 0. The third kappa shape index (κ3) is 7.06. The van der Waals surface area contributed by atoms with Crippen molar-refractivity contribution in [2.45, 2.75) is 63.4 Å². The molecule has 2 fully saturated rings. The van der Waals surface area contributed by atoms with Gasteiger partial charge in [-0.05, 0) is 51.2 Å². The molecule has 0 saturated carbocycles. The highest BCUT2D eigenvalue weighted by Gasteiger charge is 2.37. The summed E-state index contributed by atoms with van der Waals surface area (Å²) < 4.78 is 34.2. The molecule has 2 aliphatic heterocycles. The van der Waals surface area contributed by atoms with E-state index in [1.165, 1.54) is 0 Å². The van der Waals surface area contributed by atoms with Crippen LogP contribution in [0, 0.1) is 0 Å². The van der Waals surface area contributed by atoms with Crippen molar-refractivity contribution in [3.63, 3.8) is 0 Å². The minimum Gasteiger partial charge on any atom is -0.468 e. The molecule has 2 heterocycles. The first-order chi connectivity index (χ1) is 14.7. The van der Waals surface area contributed by atoms with Gasteiger partial charge >= 0.3 is 0 Å². The molecule has 0 spiro atoms. The summed E-state index contributed by atoms with van der Waals surface area (Å²) >= 11 is 0. The Labute approximate surface area is 180 Å². The first kappa shape index (κ1) is 23.2. The van der Waals surface area contributed by atoms with E-state index in [9.17, 15) is 0 Å². The second-order valence-electron chi connectivity index (χ2n) is 7.89. The van der Waals surface area contributed by atoms with Crippen molar-refractivity contribution in [3.8, 4) is 5.75 Å². The van der Waals surface area contributed by atoms with Gasteiger partial charge in [0.05, 0.1) is 38.6 Å². The van der Waals surface area contributed by atoms with E-state index in [0.717, 1.165) is 43.4 Å². The van der Waals surface area contributed by atoms with Gasteiger partial charge in [0.1, 0.15) is 5.75 Å². The molecule has 2 aliphatic rings. The second kappa shape index (κ2) is 12.4. The lowest BCUT2D eigenvalue weighted by Crippen LogP contribution is -2.26. The summed E-state index contributed by atoms with van der Waals surface area (Å²) in [6.45, 7) is 4.96. The van der Waals surface area contributed by atoms with Gasteiger partial charge in [-0.2, -0.15) is 0 Å². The van der Waals surface area contributed by atoms with Crippen molar-refractivity contribution in [1.29, 1.82) is 0 Å². The highest BCUT2D eigenvalue weighted by atomic mass is 16.7. The van der Waals surface area contributed by atoms with Crippen LogP contribution < -0.4 is 4.74 Å². The van der Waals surface area contributed by atoms with E-state index in [1.807, 2.05) is 24.3 Å². The van der Waals surface area contributed by atoms with Crippen molar-refractivity contribution >= 4 is 0 Å². The molecule has 3 rings (SSSR count). The normalized spacial score (nSPS) is 24.6. The fourth-order valence-corrected chi connectivity index (χ4v) is 3.91. The molecular weight excluding hydrogens is 384 g/mol. The number of rotatable bonds is 10. The minimum atomic E-state index is -0.734. The molecule has 0 unspecified atom stereocenters. The molecule has 168 valence electrons. The average Bonchev–Trinajstić information content (AvgIpc) is 3.24. The van der Waals surface area contributed by atoms with E-state index < -0.39 is 5.79 Å².